The summed E-state index contributed by atoms with van der Waals surface area (Å²) in [6.45, 7) is 6.91. The van der Waals surface area contributed by atoms with Crippen LogP contribution < -0.4 is 0 Å². The van der Waals surface area contributed by atoms with Gasteiger partial charge in [0.2, 0.25) is 5.88 Å². The maximum Gasteiger partial charge on any atom is 0.254 e. The van der Waals surface area contributed by atoms with E-state index in [4.69, 9.17) is 0 Å². The molecular formula is C22H24N4O2. The number of rotatable bonds is 3. The number of carbonyl (C=O) groups excluding carboxylic acids is 1. The van der Waals surface area contributed by atoms with Crippen molar-refractivity contribution in [3.05, 3.63) is 53.1 Å². The molecule has 1 aliphatic rings. The SMILES string of the molecule is Cc1cc(C)c2[nH]c(O)c(N=Nc3ccc(C(=O)N4CCCC4C)cc3)c2c1. The van der Waals surface area contributed by atoms with Gasteiger partial charge >= 0.3 is 0 Å². The molecule has 1 unspecified atom stereocenters. The second-order valence-electron chi connectivity index (χ2n) is 7.56. The van der Waals surface area contributed by atoms with Gasteiger partial charge in [-0.05, 0) is 69.5 Å². The first-order valence-electron chi connectivity index (χ1n) is 9.58. The van der Waals surface area contributed by atoms with Gasteiger partial charge in [-0.1, -0.05) is 11.6 Å². The number of amides is 1. The number of likely N-dealkylation sites (tertiary alicyclic amines) is 1. The fourth-order valence-electron chi connectivity index (χ4n) is 3.91. The number of hydrogen-bond acceptors (Lipinski definition) is 4. The number of aromatic amines is 1. The van der Waals surface area contributed by atoms with E-state index in [0.717, 1.165) is 41.4 Å². The van der Waals surface area contributed by atoms with Crippen LogP contribution in [0.25, 0.3) is 10.9 Å². The Morgan fingerprint density at radius 2 is 1.93 bits per heavy atom. The number of fused-ring (bicyclic) bond motifs is 1. The number of aromatic nitrogens is 1. The Bertz CT molecular complexity index is 1070. The zero-order valence-electron chi connectivity index (χ0n) is 16.4. The lowest BCUT2D eigenvalue weighted by atomic mass is 10.1. The summed E-state index contributed by atoms with van der Waals surface area (Å²) in [5, 5.41) is 19.6. The molecule has 2 N–H and O–H groups in total. The van der Waals surface area contributed by atoms with E-state index in [-0.39, 0.29) is 11.8 Å². The Balaban J connectivity index is 1.58. The molecule has 1 aromatic heterocycles. The van der Waals surface area contributed by atoms with E-state index < -0.39 is 0 Å². The molecule has 1 amide bonds. The molecule has 0 bridgehead atoms. The molecule has 2 heterocycles. The Morgan fingerprint density at radius 1 is 1.18 bits per heavy atom. The average molecular weight is 376 g/mol. The van der Waals surface area contributed by atoms with E-state index in [1.807, 2.05) is 24.8 Å². The van der Waals surface area contributed by atoms with Crippen molar-refractivity contribution in [2.24, 2.45) is 10.2 Å². The first-order chi connectivity index (χ1) is 13.4. The first-order valence-corrected chi connectivity index (χ1v) is 9.58. The van der Waals surface area contributed by atoms with Gasteiger partial charge < -0.3 is 15.0 Å². The molecule has 1 saturated heterocycles. The first kappa shape index (κ1) is 18.2. The van der Waals surface area contributed by atoms with Crippen LogP contribution in [-0.4, -0.2) is 33.5 Å². The van der Waals surface area contributed by atoms with Crippen LogP contribution in [0.2, 0.25) is 0 Å². The smallest absolute Gasteiger partial charge is 0.254 e. The van der Waals surface area contributed by atoms with Gasteiger partial charge in [0.25, 0.3) is 5.91 Å². The van der Waals surface area contributed by atoms with Crippen LogP contribution in [-0.2, 0) is 0 Å². The molecular weight excluding hydrogens is 352 g/mol. The normalized spacial score (nSPS) is 17.1. The van der Waals surface area contributed by atoms with E-state index in [0.29, 0.717) is 23.0 Å². The fourth-order valence-corrected chi connectivity index (χ4v) is 3.91. The lowest BCUT2D eigenvalue weighted by Gasteiger charge is -2.21. The third kappa shape index (κ3) is 3.26. The highest BCUT2D eigenvalue weighted by Gasteiger charge is 2.25. The summed E-state index contributed by atoms with van der Waals surface area (Å²) in [6.07, 6.45) is 2.12. The molecule has 1 fully saturated rings. The number of hydrogen-bond donors (Lipinski definition) is 2. The molecule has 0 saturated carbocycles. The monoisotopic (exact) mass is 376 g/mol. The Kier molecular flexibility index (Phi) is 4.63. The predicted molar refractivity (Wildman–Crippen MR) is 110 cm³/mol. The lowest BCUT2D eigenvalue weighted by molar-refractivity contribution is 0.0747. The van der Waals surface area contributed by atoms with Gasteiger partial charge in [0.1, 0.15) is 0 Å². The standard InChI is InChI=1S/C22H24N4O2/c1-13-11-14(2)19-18(12-13)20(21(27)23-19)25-24-17-8-6-16(7-9-17)22(28)26-10-4-5-15(26)3/h6-9,11-12,15,23,27H,4-5,10H2,1-3H3. The minimum absolute atomic E-state index is 0.00210. The van der Waals surface area contributed by atoms with Gasteiger partial charge in [-0.25, -0.2) is 0 Å². The van der Waals surface area contributed by atoms with E-state index in [1.165, 1.54) is 0 Å². The predicted octanol–water partition coefficient (Wildman–Crippen LogP) is 5.53. The van der Waals surface area contributed by atoms with Crippen molar-refractivity contribution in [3.63, 3.8) is 0 Å². The minimum atomic E-state index is 0.00210. The number of nitrogens with zero attached hydrogens (tertiary/aromatic N) is 3. The van der Waals surface area contributed by atoms with Crippen molar-refractivity contribution in [1.82, 2.24) is 9.88 Å². The number of aryl methyl sites for hydroxylation is 2. The van der Waals surface area contributed by atoms with Gasteiger partial charge in [0.15, 0.2) is 5.69 Å². The molecule has 28 heavy (non-hydrogen) atoms. The molecule has 4 rings (SSSR count). The quantitative estimate of drug-likeness (QED) is 0.589. The zero-order chi connectivity index (χ0) is 19.8. The van der Waals surface area contributed by atoms with Crippen molar-refractivity contribution in [1.29, 1.82) is 0 Å². The van der Waals surface area contributed by atoms with Crippen LogP contribution in [0.5, 0.6) is 5.88 Å². The second kappa shape index (κ2) is 7.11. The molecule has 0 aliphatic carbocycles. The summed E-state index contributed by atoms with van der Waals surface area (Å²) >= 11 is 0. The number of benzene rings is 2. The number of H-pyrrole nitrogens is 1. The topological polar surface area (TPSA) is 81.0 Å². The molecule has 144 valence electrons. The number of aromatic hydroxyl groups is 1. The average Bonchev–Trinajstić information content (AvgIpc) is 3.23. The van der Waals surface area contributed by atoms with Gasteiger partial charge in [-0.3, -0.25) is 4.79 Å². The van der Waals surface area contributed by atoms with Crippen LogP contribution in [0.4, 0.5) is 11.4 Å². The molecule has 6 heteroatoms. The zero-order valence-corrected chi connectivity index (χ0v) is 16.4. The number of carbonyl (C=O) groups is 1. The summed E-state index contributed by atoms with van der Waals surface area (Å²) in [7, 11) is 0. The molecule has 3 aromatic rings. The largest absolute Gasteiger partial charge is 0.493 e. The van der Waals surface area contributed by atoms with Gasteiger partial charge in [0, 0.05) is 23.5 Å². The summed E-state index contributed by atoms with van der Waals surface area (Å²) in [5.74, 6) is 0.0657. The molecule has 0 radical (unpaired) electrons. The van der Waals surface area contributed by atoms with E-state index in [9.17, 15) is 9.90 Å². The maximum absolute atomic E-state index is 12.6. The van der Waals surface area contributed by atoms with Crippen molar-refractivity contribution in [2.45, 2.75) is 39.7 Å². The van der Waals surface area contributed by atoms with Crippen molar-refractivity contribution in [3.8, 4) is 5.88 Å². The maximum atomic E-state index is 12.6. The number of azo groups is 1. The van der Waals surface area contributed by atoms with Gasteiger partial charge in [0.05, 0.1) is 11.2 Å². The second-order valence-corrected chi connectivity index (χ2v) is 7.56. The Labute approximate surface area is 163 Å². The highest BCUT2D eigenvalue weighted by atomic mass is 16.3. The van der Waals surface area contributed by atoms with Crippen LogP contribution in [0.1, 0.15) is 41.3 Å². The minimum Gasteiger partial charge on any atom is -0.493 e. The van der Waals surface area contributed by atoms with Crippen LogP contribution in [0.3, 0.4) is 0 Å². The third-order valence-corrected chi connectivity index (χ3v) is 5.40. The number of nitrogens with one attached hydrogen (secondary N) is 1. The lowest BCUT2D eigenvalue weighted by Crippen LogP contribution is -2.33. The molecule has 2 aromatic carbocycles. The van der Waals surface area contributed by atoms with Crippen molar-refractivity contribution >= 4 is 28.2 Å². The molecule has 6 nitrogen and oxygen atoms in total. The molecule has 0 spiro atoms. The molecule has 1 aliphatic heterocycles. The third-order valence-electron chi connectivity index (χ3n) is 5.40. The van der Waals surface area contributed by atoms with E-state index in [1.54, 1.807) is 24.3 Å². The highest BCUT2D eigenvalue weighted by Crippen LogP contribution is 2.38. The molecule has 1 atom stereocenters. The van der Waals surface area contributed by atoms with Crippen molar-refractivity contribution in [2.75, 3.05) is 6.54 Å². The van der Waals surface area contributed by atoms with Crippen LogP contribution >= 0.6 is 0 Å². The van der Waals surface area contributed by atoms with Crippen molar-refractivity contribution < 1.29 is 9.90 Å². The fraction of sp³-hybridized carbons (Fsp3) is 0.318. The summed E-state index contributed by atoms with van der Waals surface area (Å²) in [6, 6.07) is 11.4. The van der Waals surface area contributed by atoms with Gasteiger partial charge in [-0.15, -0.1) is 5.11 Å². The highest BCUT2D eigenvalue weighted by molar-refractivity contribution is 5.96. The van der Waals surface area contributed by atoms with Crippen LogP contribution in [0, 0.1) is 13.8 Å². The van der Waals surface area contributed by atoms with Crippen LogP contribution in [0.15, 0.2) is 46.6 Å². The Morgan fingerprint density at radius 3 is 2.61 bits per heavy atom. The summed E-state index contributed by atoms with van der Waals surface area (Å²) in [4.78, 5) is 17.5. The Hall–Kier alpha value is -3.15. The van der Waals surface area contributed by atoms with E-state index in [2.05, 4.69) is 28.2 Å². The summed E-state index contributed by atoms with van der Waals surface area (Å²) < 4.78 is 0. The summed E-state index contributed by atoms with van der Waals surface area (Å²) in [5.41, 5.74) is 4.72. The van der Waals surface area contributed by atoms with E-state index >= 15 is 0 Å². The van der Waals surface area contributed by atoms with Gasteiger partial charge in [-0.2, -0.15) is 5.11 Å².